The lowest BCUT2D eigenvalue weighted by Gasteiger charge is -2.21. The largest absolute Gasteiger partial charge is 0.394 e. The number of unbranched alkanes of at least 4 members (excludes halogenated alkanes) is 27. The van der Waals surface area contributed by atoms with E-state index in [-0.39, 0.29) is 6.61 Å². The van der Waals surface area contributed by atoms with E-state index >= 15 is 0 Å². The molecule has 0 saturated heterocycles. The Morgan fingerprint density at radius 1 is 0.511 bits per heavy atom. The molecule has 47 heavy (non-hydrogen) atoms. The molecule has 4 N–H and O–H groups in total. The molecule has 0 aromatic rings. The van der Waals surface area contributed by atoms with Crippen LogP contribution < -0.4 is 5.32 Å². The average molecular weight is 664 g/mol. The molecule has 3 unspecified atom stereocenters. The number of carbonyl (C=O) groups excluding carboxylic acids is 1. The van der Waals surface area contributed by atoms with Gasteiger partial charge in [0.1, 0.15) is 6.10 Å². The number of aliphatic hydroxyl groups is 3. The molecule has 3 atom stereocenters. The maximum Gasteiger partial charge on any atom is 0.249 e. The number of allylic oxidation sites excluding steroid dienone is 3. The minimum absolute atomic E-state index is 0.366. The molecule has 0 heterocycles. The third kappa shape index (κ3) is 33.1. The highest BCUT2D eigenvalue weighted by Gasteiger charge is 2.22. The van der Waals surface area contributed by atoms with Crippen LogP contribution in [0.3, 0.4) is 0 Å². The Morgan fingerprint density at radius 2 is 0.851 bits per heavy atom. The predicted molar refractivity (Wildman–Crippen MR) is 204 cm³/mol. The molecular weight excluding hydrogens is 582 g/mol. The van der Waals surface area contributed by atoms with Crippen molar-refractivity contribution in [3.8, 4) is 0 Å². The van der Waals surface area contributed by atoms with E-state index in [1.807, 2.05) is 6.08 Å². The van der Waals surface area contributed by atoms with E-state index in [1.165, 1.54) is 148 Å². The summed E-state index contributed by atoms with van der Waals surface area (Å²) >= 11 is 0. The van der Waals surface area contributed by atoms with Gasteiger partial charge in [-0.05, 0) is 44.9 Å². The summed E-state index contributed by atoms with van der Waals surface area (Å²) in [7, 11) is 0. The highest BCUT2D eigenvalue weighted by molar-refractivity contribution is 5.80. The molecule has 0 aromatic carbocycles. The van der Waals surface area contributed by atoms with Crippen molar-refractivity contribution in [3.63, 3.8) is 0 Å². The minimum atomic E-state index is -1.10. The van der Waals surface area contributed by atoms with Crippen molar-refractivity contribution >= 4 is 5.91 Å². The predicted octanol–water partition coefficient (Wildman–Crippen LogP) is 11.4. The van der Waals surface area contributed by atoms with Gasteiger partial charge in [-0.15, -0.1) is 0 Å². The molecule has 0 aromatic heterocycles. The lowest BCUT2D eigenvalue weighted by atomic mass is 10.0. The zero-order valence-corrected chi connectivity index (χ0v) is 31.4. The van der Waals surface area contributed by atoms with Crippen LogP contribution >= 0.6 is 0 Å². The Kier molecular flexibility index (Phi) is 36.7. The molecule has 0 rings (SSSR count). The zero-order chi connectivity index (χ0) is 34.5. The quantitative estimate of drug-likeness (QED) is 0.0393. The van der Waals surface area contributed by atoms with E-state index in [2.05, 4.69) is 31.3 Å². The van der Waals surface area contributed by atoms with E-state index in [1.54, 1.807) is 6.08 Å². The number of aliphatic hydroxyl groups excluding tert-OH is 3. The van der Waals surface area contributed by atoms with Crippen LogP contribution in [0, 0.1) is 0 Å². The number of hydrogen-bond donors (Lipinski definition) is 4. The standard InChI is InChI=1S/C42H81NO4/c1-3-5-7-9-11-13-15-17-19-21-23-25-27-29-31-33-35-37-41(46)42(47)43-39(38-44)40(45)36-34-32-30-28-26-24-22-20-18-16-14-12-10-8-6-4-2/h23,25,34,36,39-41,44-46H,3-22,24,26-33,35,37-38H2,1-2H3,(H,43,47)/b25-23-,36-34+. The van der Waals surface area contributed by atoms with Crippen molar-refractivity contribution in [1.82, 2.24) is 5.32 Å². The second-order valence-electron chi connectivity index (χ2n) is 14.2. The molecule has 0 aliphatic heterocycles. The molecule has 5 heteroatoms. The number of carbonyl (C=O) groups is 1. The van der Waals surface area contributed by atoms with Gasteiger partial charge in [0.25, 0.3) is 0 Å². The molecule has 0 fully saturated rings. The second-order valence-corrected chi connectivity index (χ2v) is 14.2. The molecule has 0 aliphatic rings. The van der Waals surface area contributed by atoms with Crippen molar-refractivity contribution in [2.75, 3.05) is 6.61 Å². The topological polar surface area (TPSA) is 89.8 Å². The van der Waals surface area contributed by atoms with E-state index < -0.39 is 24.2 Å². The van der Waals surface area contributed by atoms with Gasteiger partial charge < -0.3 is 20.6 Å². The summed E-state index contributed by atoms with van der Waals surface area (Å²) < 4.78 is 0. The minimum Gasteiger partial charge on any atom is -0.394 e. The number of rotatable bonds is 37. The normalized spacial score (nSPS) is 13.9. The Hall–Kier alpha value is -1.17. The number of nitrogens with one attached hydrogen (secondary N) is 1. The first-order valence-electron chi connectivity index (χ1n) is 20.7. The van der Waals surface area contributed by atoms with Crippen LogP contribution in [0.5, 0.6) is 0 Å². The summed E-state index contributed by atoms with van der Waals surface area (Å²) in [5.74, 6) is -0.511. The van der Waals surface area contributed by atoms with Crippen LogP contribution in [-0.4, -0.2) is 46.1 Å². The van der Waals surface area contributed by atoms with Gasteiger partial charge in [0.05, 0.1) is 18.8 Å². The molecule has 0 bridgehead atoms. The van der Waals surface area contributed by atoms with E-state index in [4.69, 9.17) is 0 Å². The number of hydrogen-bond acceptors (Lipinski definition) is 4. The molecule has 0 saturated carbocycles. The highest BCUT2D eigenvalue weighted by Crippen LogP contribution is 2.15. The lowest BCUT2D eigenvalue weighted by molar-refractivity contribution is -0.131. The molecular formula is C42H81NO4. The van der Waals surface area contributed by atoms with Crippen LogP contribution in [0.4, 0.5) is 0 Å². The Bertz CT molecular complexity index is 694. The van der Waals surface area contributed by atoms with Crippen LogP contribution in [-0.2, 0) is 4.79 Å². The van der Waals surface area contributed by atoms with E-state index in [0.717, 1.165) is 44.9 Å². The van der Waals surface area contributed by atoms with Gasteiger partial charge in [-0.1, -0.05) is 192 Å². The summed E-state index contributed by atoms with van der Waals surface area (Å²) in [5, 5.41) is 33.1. The fourth-order valence-electron chi connectivity index (χ4n) is 6.24. The zero-order valence-electron chi connectivity index (χ0n) is 31.4. The third-order valence-electron chi connectivity index (χ3n) is 9.54. The average Bonchev–Trinajstić information content (AvgIpc) is 3.07. The van der Waals surface area contributed by atoms with Gasteiger partial charge in [0.2, 0.25) is 5.91 Å². The Balaban J connectivity index is 3.72. The van der Waals surface area contributed by atoms with E-state index in [9.17, 15) is 20.1 Å². The molecule has 1 amide bonds. The smallest absolute Gasteiger partial charge is 0.249 e. The van der Waals surface area contributed by atoms with Gasteiger partial charge >= 0.3 is 0 Å². The summed E-state index contributed by atoms with van der Waals surface area (Å²) in [6.45, 7) is 4.18. The highest BCUT2D eigenvalue weighted by atomic mass is 16.3. The van der Waals surface area contributed by atoms with Gasteiger partial charge in [-0.2, -0.15) is 0 Å². The molecule has 0 aliphatic carbocycles. The summed E-state index contributed by atoms with van der Waals surface area (Å²) in [5.41, 5.74) is 0. The van der Waals surface area contributed by atoms with Crippen LogP contribution in [0.25, 0.3) is 0 Å². The van der Waals surface area contributed by atoms with Gasteiger partial charge in [-0.3, -0.25) is 4.79 Å². The Morgan fingerprint density at radius 3 is 1.23 bits per heavy atom. The summed E-state index contributed by atoms with van der Waals surface area (Å²) in [6, 6.07) is -0.799. The van der Waals surface area contributed by atoms with Gasteiger partial charge in [0.15, 0.2) is 0 Å². The number of amides is 1. The van der Waals surface area contributed by atoms with Crippen molar-refractivity contribution in [1.29, 1.82) is 0 Å². The van der Waals surface area contributed by atoms with Crippen molar-refractivity contribution < 1.29 is 20.1 Å². The fourth-order valence-corrected chi connectivity index (χ4v) is 6.24. The first-order valence-corrected chi connectivity index (χ1v) is 20.7. The SMILES string of the molecule is CCCCCCCCCCC/C=C\CCCCCCC(O)C(=O)NC(CO)C(O)/C=C/CCCCCCCCCCCCCCCC. The first-order chi connectivity index (χ1) is 23.1. The second kappa shape index (κ2) is 37.6. The first kappa shape index (κ1) is 45.8. The third-order valence-corrected chi connectivity index (χ3v) is 9.54. The van der Waals surface area contributed by atoms with Crippen molar-refractivity contribution in [2.45, 2.75) is 231 Å². The van der Waals surface area contributed by atoms with Crippen LogP contribution in [0.1, 0.15) is 213 Å². The maximum absolute atomic E-state index is 12.4. The fraction of sp³-hybridized carbons (Fsp3) is 0.881. The molecule has 278 valence electrons. The summed E-state index contributed by atoms with van der Waals surface area (Å²) in [4.78, 5) is 12.4. The molecule has 0 radical (unpaired) electrons. The molecule has 0 spiro atoms. The lowest BCUT2D eigenvalue weighted by Crippen LogP contribution is -2.48. The van der Waals surface area contributed by atoms with Crippen molar-refractivity contribution in [3.05, 3.63) is 24.3 Å². The van der Waals surface area contributed by atoms with Crippen molar-refractivity contribution in [2.24, 2.45) is 0 Å². The van der Waals surface area contributed by atoms with Gasteiger partial charge in [-0.25, -0.2) is 0 Å². The molecule has 5 nitrogen and oxygen atoms in total. The van der Waals surface area contributed by atoms with E-state index in [0.29, 0.717) is 6.42 Å². The summed E-state index contributed by atoms with van der Waals surface area (Å²) in [6.07, 6.45) is 44.8. The van der Waals surface area contributed by atoms with Crippen LogP contribution in [0.2, 0.25) is 0 Å². The van der Waals surface area contributed by atoms with Crippen LogP contribution in [0.15, 0.2) is 24.3 Å². The monoisotopic (exact) mass is 664 g/mol. The maximum atomic E-state index is 12.4. The Labute approximate surface area is 292 Å². The van der Waals surface area contributed by atoms with Gasteiger partial charge in [0, 0.05) is 0 Å².